The highest BCUT2D eigenvalue weighted by Crippen LogP contribution is 2.31. The summed E-state index contributed by atoms with van der Waals surface area (Å²) < 4.78 is 60.2. The molecule has 5 rings (SSSR count). The Bertz CT molecular complexity index is 1420. The fourth-order valence-electron chi connectivity index (χ4n) is 4.11. The molecule has 1 fully saturated rings. The number of halogens is 4. The average Bonchev–Trinajstić information content (AvgIpc) is 3.40. The van der Waals surface area contributed by atoms with E-state index in [-0.39, 0.29) is 23.8 Å². The van der Waals surface area contributed by atoms with Gasteiger partial charge in [0.05, 0.1) is 40.3 Å². The van der Waals surface area contributed by atoms with Gasteiger partial charge in [-0.2, -0.15) is 18.3 Å². The van der Waals surface area contributed by atoms with Crippen molar-refractivity contribution in [1.29, 1.82) is 0 Å². The van der Waals surface area contributed by atoms with Gasteiger partial charge in [0.25, 0.3) is 5.91 Å². The molecular formula is C22H18F4N6O2. The van der Waals surface area contributed by atoms with Gasteiger partial charge in [-0.05, 0) is 12.1 Å². The van der Waals surface area contributed by atoms with Crippen LogP contribution in [0, 0.1) is 5.82 Å². The molecule has 3 aromatic heterocycles. The van der Waals surface area contributed by atoms with Crippen molar-refractivity contribution < 1.29 is 27.1 Å². The number of likely N-dealkylation sites (tertiary alicyclic amines) is 1. The molecule has 176 valence electrons. The summed E-state index contributed by atoms with van der Waals surface area (Å²) in [7, 11) is 1.71. The van der Waals surface area contributed by atoms with Crippen molar-refractivity contribution in [2.75, 3.05) is 18.8 Å². The number of ether oxygens (including phenoxy) is 1. The van der Waals surface area contributed by atoms with Crippen molar-refractivity contribution in [3.05, 3.63) is 53.6 Å². The minimum Gasteiger partial charge on any atom is -0.472 e. The number of hydrogen-bond donors (Lipinski definition) is 1. The highest BCUT2D eigenvalue weighted by molar-refractivity contribution is 6.10. The van der Waals surface area contributed by atoms with Crippen molar-refractivity contribution in [1.82, 2.24) is 24.6 Å². The molecule has 0 saturated carbocycles. The molecule has 2 N–H and O–H groups in total. The Balaban J connectivity index is 1.37. The zero-order chi connectivity index (χ0) is 24.2. The van der Waals surface area contributed by atoms with Gasteiger partial charge in [-0.3, -0.25) is 9.48 Å². The Morgan fingerprint density at radius 1 is 1.21 bits per heavy atom. The molecule has 0 bridgehead atoms. The van der Waals surface area contributed by atoms with E-state index in [9.17, 15) is 22.4 Å². The maximum Gasteiger partial charge on any atom is 0.417 e. The molecular weight excluding hydrogens is 456 g/mol. The molecule has 1 atom stereocenters. The lowest BCUT2D eigenvalue weighted by Crippen LogP contribution is -2.31. The fourth-order valence-corrected chi connectivity index (χ4v) is 4.11. The largest absolute Gasteiger partial charge is 0.472 e. The molecule has 12 heteroatoms. The number of aryl methyl sites for hydroxylation is 1. The fraction of sp³-hybridized carbons (Fsp3) is 0.273. The molecule has 1 aliphatic rings. The normalized spacial score (nSPS) is 16.5. The van der Waals surface area contributed by atoms with E-state index in [1.165, 1.54) is 17.0 Å². The Hall–Kier alpha value is -3.96. The van der Waals surface area contributed by atoms with E-state index >= 15 is 0 Å². The lowest BCUT2D eigenvalue weighted by molar-refractivity contribution is -0.137. The second kappa shape index (κ2) is 7.82. The summed E-state index contributed by atoms with van der Waals surface area (Å²) in [6.07, 6.45) is -2.30. The van der Waals surface area contributed by atoms with E-state index in [2.05, 4.69) is 15.1 Å². The van der Waals surface area contributed by atoms with Crippen LogP contribution in [-0.4, -0.2) is 49.7 Å². The summed E-state index contributed by atoms with van der Waals surface area (Å²) in [6.45, 7) is 0.433. The smallest absolute Gasteiger partial charge is 0.417 e. The number of anilines is 1. The SMILES string of the molecule is Cn1ncc2c(N)nc3cc(F)c(C(=O)N4CC[C@@H](Oc5ccc(C(F)(F)F)cn5)C4)cc3c21. The molecule has 4 heterocycles. The number of nitrogens with two attached hydrogens (primary N) is 1. The lowest BCUT2D eigenvalue weighted by Gasteiger charge is -2.18. The van der Waals surface area contributed by atoms with Gasteiger partial charge in [0.1, 0.15) is 17.7 Å². The summed E-state index contributed by atoms with van der Waals surface area (Å²) in [6, 6.07) is 4.62. The van der Waals surface area contributed by atoms with E-state index in [0.29, 0.717) is 41.0 Å². The first-order valence-corrected chi connectivity index (χ1v) is 10.3. The number of aromatic nitrogens is 4. The number of nitrogen functional groups attached to an aromatic ring is 1. The minimum atomic E-state index is -4.49. The molecule has 4 aromatic rings. The van der Waals surface area contributed by atoms with Gasteiger partial charge in [0.2, 0.25) is 5.88 Å². The van der Waals surface area contributed by atoms with Crippen LogP contribution in [0.3, 0.4) is 0 Å². The van der Waals surface area contributed by atoms with Crippen LogP contribution in [-0.2, 0) is 13.2 Å². The van der Waals surface area contributed by atoms with E-state index in [0.717, 1.165) is 12.1 Å². The maximum atomic E-state index is 14.9. The molecule has 0 spiro atoms. The second-order valence-corrected chi connectivity index (χ2v) is 8.04. The van der Waals surface area contributed by atoms with Gasteiger partial charge in [0, 0.05) is 43.7 Å². The number of benzene rings is 1. The number of carbonyl (C=O) groups excluding carboxylic acids is 1. The predicted octanol–water partition coefficient (Wildman–Crippen LogP) is 3.55. The monoisotopic (exact) mass is 474 g/mol. The van der Waals surface area contributed by atoms with Gasteiger partial charge >= 0.3 is 6.18 Å². The summed E-state index contributed by atoms with van der Waals surface area (Å²) in [5.74, 6) is -1.03. The van der Waals surface area contributed by atoms with Crippen LogP contribution in [0.25, 0.3) is 21.8 Å². The third kappa shape index (κ3) is 3.74. The van der Waals surface area contributed by atoms with Crippen LogP contribution in [0.5, 0.6) is 5.88 Å². The molecule has 34 heavy (non-hydrogen) atoms. The molecule has 1 amide bonds. The number of pyridine rings is 2. The predicted molar refractivity (Wildman–Crippen MR) is 115 cm³/mol. The number of carbonyl (C=O) groups is 1. The standard InChI is InChI=1S/C22H18F4N6O2/c1-31-19-14-6-13(16(23)7-17(14)30-20(27)15(19)9-29-31)21(33)32-5-4-12(10-32)34-18-3-2-11(8-28-18)22(24,25)26/h2-3,6-9,12H,4-5,10H2,1H3,(H2,27,30)/t12-/m1/s1. The van der Waals surface area contributed by atoms with Gasteiger partial charge < -0.3 is 15.4 Å². The Labute approximate surface area is 189 Å². The van der Waals surface area contributed by atoms with Crippen molar-refractivity contribution in [2.24, 2.45) is 7.05 Å². The van der Waals surface area contributed by atoms with Crippen molar-refractivity contribution in [2.45, 2.75) is 18.7 Å². The van der Waals surface area contributed by atoms with Crippen LogP contribution in [0.15, 0.2) is 36.7 Å². The lowest BCUT2D eigenvalue weighted by atomic mass is 10.1. The van der Waals surface area contributed by atoms with Gasteiger partial charge in [-0.25, -0.2) is 14.4 Å². The summed E-state index contributed by atoms with van der Waals surface area (Å²) >= 11 is 0. The highest BCUT2D eigenvalue weighted by Gasteiger charge is 2.32. The van der Waals surface area contributed by atoms with Crippen LogP contribution >= 0.6 is 0 Å². The molecule has 8 nitrogen and oxygen atoms in total. The van der Waals surface area contributed by atoms with Crippen LogP contribution < -0.4 is 10.5 Å². The first-order valence-electron chi connectivity index (χ1n) is 10.3. The highest BCUT2D eigenvalue weighted by atomic mass is 19.4. The zero-order valence-corrected chi connectivity index (χ0v) is 17.8. The average molecular weight is 474 g/mol. The van der Waals surface area contributed by atoms with Crippen LogP contribution in [0.2, 0.25) is 0 Å². The van der Waals surface area contributed by atoms with Crippen molar-refractivity contribution in [3.63, 3.8) is 0 Å². The molecule has 1 saturated heterocycles. The minimum absolute atomic E-state index is 0.0199. The topological polar surface area (TPSA) is 99.2 Å². The van der Waals surface area contributed by atoms with E-state index < -0.39 is 29.6 Å². The Morgan fingerprint density at radius 3 is 2.71 bits per heavy atom. The summed E-state index contributed by atoms with van der Waals surface area (Å²) in [5.41, 5.74) is 5.88. The first-order chi connectivity index (χ1) is 16.1. The Morgan fingerprint density at radius 2 is 2.00 bits per heavy atom. The van der Waals surface area contributed by atoms with E-state index in [1.54, 1.807) is 17.9 Å². The number of rotatable bonds is 3. The van der Waals surface area contributed by atoms with Crippen molar-refractivity contribution >= 4 is 33.5 Å². The van der Waals surface area contributed by atoms with Crippen molar-refractivity contribution in [3.8, 4) is 5.88 Å². The number of hydrogen-bond acceptors (Lipinski definition) is 6. The number of nitrogens with zero attached hydrogens (tertiary/aromatic N) is 5. The molecule has 0 radical (unpaired) electrons. The summed E-state index contributed by atoms with van der Waals surface area (Å²) in [5, 5.41) is 5.31. The van der Waals surface area contributed by atoms with Crippen LogP contribution in [0.4, 0.5) is 23.4 Å². The van der Waals surface area contributed by atoms with Gasteiger partial charge in [0.15, 0.2) is 0 Å². The second-order valence-electron chi connectivity index (χ2n) is 8.04. The van der Waals surface area contributed by atoms with E-state index in [1.807, 2.05) is 0 Å². The third-order valence-electron chi connectivity index (χ3n) is 5.81. The van der Waals surface area contributed by atoms with Gasteiger partial charge in [-0.1, -0.05) is 0 Å². The molecule has 0 aliphatic carbocycles. The maximum absolute atomic E-state index is 14.9. The summed E-state index contributed by atoms with van der Waals surface area (Å²) in [4.78, 5) is 22.5. The number of fused-ring (bicyclic) bond motifs is 3. The molecule has 1 aromatic carbocycles. The number of amides is 1. The van der Waals surface area contributed by atoms with Crippen LogP contribution in [0.1, 0.15) is 22.3 Å². The van der Waals surface area contributed by atoms with Gasteiger partial charge in [-0.15, -0.1) is 0 Å². The quantitative estimate of drug-likeness (QED) is 0.456. The zero-order valence-electron chi connectivity index (χ0n) is 17.8. The third-order valence-corrected chi connectivity index (χ3v) is 5.81. The molecule has 1 aliphatic heterocycles. The number of alkyl halides is 3. The van der Waals surface area contributed by atoms with E-state index in [4.69, 9.17) is 10.5 Å². The molecule has 0 unspecified atom stereocenters. The first kappa shape index (κ1) is 21.9. The Kier molecular flexibility index (Phi) is 5.03.